The molecule has 1 rings (SSSR count). The highest BCUT2D eigenvalue weighted by Gasteiger charge is 2.28. The van der Waals surface area contributed by atoms with E-state index in [4.69, 9.17) is 5.73 Å². The quantitative estimate of drug-likeness (QED) is 0.877. The van der Waals surface area contributed by atoms with Crippen molar-refractivity contribution in [2.75, 3.05) is 0 Å². The SMILES string of the molecule is CCC(C)(NCc1c(F)cccc1Br)C(N)=O. The molecule has 94 valence electrons. The molecule has 1 amide bonds. The molecule has 1 unspecified atom stereocenters. The fourth-order valence-corrected chi connectivity index (χ4v) is 1.85. The van der Waals surface area contributed by atoms with Gasteiger partial charge in [-0.15, -0.1) is 0 Å². The molecule has 0 aliphatic heterocycles. The van der Waals surface area contributed by atoms with Gasteiger partial charge in [-0.3, -0.25) is 10.1 Å². The van der Waals surface area contributed by atoms with Gasteiger partial charge in [-0.2, -0.15) is 0 Å². The van der Waals surface area contributed by atoms with Gasteiger partial charge >= 0.3 is 0 Å². The molecule has 17 heavy (non-hydrogen) atoms. The van der Waals surface area contributed by atoms with Crippen molar-refractivity contribution < 1.29 is 9.18 Å². The van der Waals surface area contributed by atoms with Crippen molar-refractivity contribution in [2.45, 2.75) is 32.4 Å². The Bertz CT molecular complexity index is 405. The number of hydrogen-bond donors (Lipinski definition) is 2. The molecule has 1 aromatic rings. The van der Waals surface area contributed by atoms with Crippen molar-refractivity contribution in [3.8, 4) is 0 Å². The topological polar surface area (TPSA) is 55.1 Å². The summed E-state index contributed by atoms with van der Waals surface area (Å²) in [7, 11) is 0. The Morgan fingerprint density at radius 3 is 2.71 bits per heavy atom. The minimum atomic E-state index is -0.818. The van der Waals surface area contributed by atoms with E-state index in [9.17, 15) is 9.18 Å². The van der Waals surface area contributed by atoms with E-state index in [1.54, 1.807) is 19.1 Å². The summed E-state index contributed by atoms with van der Waals surface area (Å²) >= 11 is 3.28. The number of nitrogens with two attached hydrogens (primary N) is 1. The molecule has 0 fully saturated rings. The van der Waals surface area contributed by atoms with Crippen LogP contribution in [0, 0.1) is 5.82 Å². The first-order chi connectivity index (χ1) is 7.90. The lowest BCUT2D eigenvalue weighted by Gasteiger charge is -2.26. The molecule has 0 spiro atoms. The zero-order chi connectivity index (χ0) is 13.1. The minimum absolute atomic E-state index is 0.251. The largest absolute Gasteiger partial charge is 0.368 e. The lowest BCUT2D eigenvalue weighted by atomic mass is 9.97. The van der Waals surface area contributed by atoms with E-state index in [0.29, 0.717) is 16.5 Å². The van der Waals surface area contributed by atoms with Crippen LogP contribution in [-0.4, -0.2) is 11.4 Å². The van der Waals surface area contributed by atoms with E-state index in [1.807, 2.05) is 6.92 Å². The van der Waals surface area contributed by atoms with Gasteiger partial charge < -0.3 is 5.73 Å². The molecule has 1 aromatic carbocycles. The number of rotatable bonds is 5. The van der Waals surface area contributed by atoms with Gasteiger partial charge in [0, 0.05) is 16.6 Å². The van der Waals surface area contributed by atoms with E-state index in [1.165, 1.54) is 6.07 Å². The molecule has 0 aliphatic carbocycles. The van der Waals surface area contributed by atoms with Crippen molar-refractivity contribution in [2.24, 2.45) is 5.73 Å². The average Bonchev–Trinajstić information content (AvgIpc) is 2.27. The Morgan fingerprint density at radius 1 is 1.59 bits per heavy atom. The van der Waals surface area contributed by atoms with Crippen molar-refractivity contribution in [3.63, 3.8) is 0 Å². The highest BCUT2D eigenvalue weighted by molar-refractivity contribution is 9.10. The van der Waals surface area contributed by atoms with E-state index in [-0.39, 0.29) is 12.4 Å². The third kappa shape index (κ3) is 3.26. The van der Waals surface area contributed by atoms with Gasteiger partial charge in [0.15, 0.2) is 0 Å². The lowest BCUT2D eigenvalue weighted by Crippen LogP contribution is -2.52. The third-order valence-corrected chi connectivity index (χ3v) is 3.71. The number of nitrogens with one attached hydrogen (secondary N) is 1. The van der Waals surface area contributed by atoms with E-state index in [2.05, 4.69) is 21.2 Å². The molecule has 0 radical (unpaired) electrons. The molecule has 0 aliphatic rings. The van der Waals surface area contributed by atoms with Crippen LogP contribution < -0.4 is 11.1 Å². The Kier molecular flexibility index (Phi) is 4.65. The van der Waals surface area contributed by atoms with Crippen LogP contribution in [0.25, 0.3) is 0 Å². The van der Waals surface area contributed by atoms with Crippen molar-refractivity contribution in [3.05, 3.63) is 34.1 Å². The van der Waals surface area contributed by atoms with Crippen LogP contribution in [0.4, 0.5) is 4.39 Å². The first-order valence-corrected chi connectivity index (χ1v) is 6.18. The van der Waals surface area contributed by atoms with E-state index < -0.39 is 11.4 Å². The minimum Gasteiger partial charge on any atom is -0.368 e. The molecule has 0 heterocycles. The number of amides is 1. The van der Waals surface area contributed by atoms with Crippen LogP contribution in [0.1, 0.15) is 25.8 Å². The van der Waals surface area contributed by atoms with Gasteiger partial charge in [0.1, 0.15) is 5.82 Å². The van der Waals surface area contributed by atoms with Gasteiger partial charge in [0.25, 0.3) is 0 Å². The summed E-state index contributed by atoms with van der Waals surface area (Å²) in [4.78, 5) is 11.3. The van der Waals surface area contributed by atoms with Crippen molar-refractivity contribution >= 4 is 21.8 Å². The van der Waals surface area contributed by atoms with E-state index in [0.717, 1.165) is 0 Å². The average molecular weight is 303 g/mol. The summed E-state index contributed by atoms with van der Waals surface area (Å²) in [6.07, 6.45) is 0.550. The second-order valence-electron chi connectivity index (χ2n) is 4.10. The highest BCUT2D eigenvalue weighted by Crippen LogP contribution is 2.20. The summed E-state index contributed by atoms with van der Waals surface area (Å²) in [6, 6.07) is 4.76. The number of carbonyl (C=O) groups is 1. The Balaban J connectivity index is 2.83. The maximum absolute atomic E-state index is 13.5. The van der Waals surface area contributed by atoms with Gasteiger partial charge in [0.05, 0.1) is 5.54 Å². The highest BCUT2D eigenvalue weighted by atomic mass is 79.9. The summed E-state index contributed by atoms with van der Waals surface area (Å²) in [5.74, 6) is -0.748. The summed E-state index contributed by atoms with van der Waals surface area (Å²) in [5, 5.41) is 3.00. The van der Waals surface area contributed by atoms with Crippen LogP contribution in [-0.2, 0) is 11.3 Å². The zero-order valence-electron chi connectivity index (χ0n) is 9.89. The fraction of sp³-hybridized carbons (Fsp3) is 0.417. The molecule has 5 heteroatoms. The molecule has 0 bridgehead atoms. The van der Waals surface area contributed by atoms with Crippen LogP contribution in [0.15, 0.2) is 22.7 Å². The van der Waals surface area contributed by atoms with Gasteiger partial charge in [-0.25, -0.2) is 4.39 Å². The molecule has 0 saturated carbocycles. The summed E-state index contributed by atoms with van der Waals surface area (Å²) in [5.41, 5.74) is 4.99. The number of benzene rings is 1. The maximum atomic E-state index is 13.5. The lowest BCUT2D eigenvalue weighted by molar-refractivity contribution is -0.124. The molecule has 0 aromatic heterocycles. The van der Waals surface area contributed by atoms with Crippen LogP contribution in [0.5, 0.6) is 0 Å². The van der Waals surface area contributed by atoms with Crippen LogP contribution >= 0.6 is 15.9 Å². The van der Waals surface area contributed by atoms with Crippen molar-refractivity contribution in [1.29, 1.82) is 0 Å². The molecule has 3 N–H and O–H groups in total. The number of halogens is 2. The Morgan fingerprint density at radius 2 is 2.24 bits per heavy atom. The molecular formula is C12H16BrFN2O. The predicted octanol–water partition coefficient (Wildman–Crippen LogP) is 2.33. The second kappa shape index (κ2) is 5.60. The standard InChI is InChI=1S/C12H16BrFN2O/c1-3-12(2,11(15)17)16-7-8-9(13)5-4-6-10(8)14/h4-6,16H,3,7H2,1-2H3,(H2,15,17). The number of primary amides is 1. The first-order valence-electron chi connectivity index (χ1n) is 5.38. The second-order valence-corrected chi connectivity index (χ2v) is 4.96. The van der Waals surface area contributed by atoms with E-state index >= 15 is 0 Å². The summed E-state index contributed by atoms with van der Waals surface area (Å²) in [6.45, 7) is 3.82. The maximum Gasteiger partial charge on any atom is 0.237 e. The number of hydrogen-bond acceptors (Lipinski definition) is 2. The molecule has 0 saturated heterocycles. The molecular weight excluding hydrogens is 287 g/mol. The predicted molar refractivity (Wildman–Crippen MR) is 68.8 cm³/mol. The smallest absolute Gasteiger partial charge is 0.237 e. The van der Waals surface area contributed by atoms with Crippen LogP contribution in [0.2, 0.25) is 0 Å². The van der Waals surface area contributed by atoms with Gasteiger partial charge in [0.2, 0.25) is 5.91 Å². The Labute approximate surface area is 109 Å². The molecule has 3 nitrogen and oxygen atoms in total. The third-order valence-electron chi connectivity index (χ3n) is 2.97. The molecule has 1 atom stereocenters. The normalized spacial score (nSPS) is 14.4. The monoisotopic (exact) mass is 302 g/mol. The number of carbonyl (C=O) groups excluding carboxylic acids is 1. The first kappa shape index (κ1) is 14.1. The summed E-state index contributed by atoms with van der Waals surface area (Å²) < 4.78 is 14.2. The zero-order valence-corrected chi connectivity index (χ0v) is 11.5. The fourth-order valence-electron chi connectivity index (χ4n) is 1.37. The van der Waals surface area contributed by atoms with Crippen LogP contribution in [0.3, 0.4) is 0 Å². The van der Waals surface area contributed by atoms with Crippen molar-refractivity contribution in [1.82, 2.24) is 5.32 Å². The van der Waals surface area contributed by atoms with Gasteiger partial charge in [-0.1, -0.05) is 28.9 Å². The Hall–Kier alpha value is -0.940. The van der Waals surface area contributed by atoms with Gasteiger partial charge in [-0.05, 0) is 25.5 Å².